The minimum absolute atomic E-state index is 0.248. The van der Waals surface area contributed by atoms with Crippen molar-refractivity contribution in [3.8, 4) is 0 Å². The number of carbonyl (C=O) groups is 1. The summed E-state index contributed by atoms with van der Waals surface area (Å²) in [4.78, 5) is 13.1. The molecule has 1 aromatic rings. The summed E-state index contributed by atoms with van der Waals surface area (Å²) in [6, 6.07) is 9.48. The van der Waals surface area contributed by atoms with Crippen LogP contribution in [0.25, 0.3) is 0 Å². The molecule has 1 atom stereocenters. The third-order valence-corrected chi connectivity index (χ3v) is 2.76. The van der Waals surface area contributed by atoms with Crippen LogP contribution >= 0.6 is 0 Å². The quantitative estimate of drug-likeness (QED) is 0.783. The summed E-state index contributed by atoms with van der Waals surface area (Å²) in [7, 11) is 1.65. The molecule has 0 saturated carbocycles. The number of ether oxygens (including phenoxy) is 1. The largest absolute Gasteiger partial charge is 0.445 e. The molecule has 5 nitrogen and oxygen atoms in total. The first-order valence-corrected chi connectivity index (χ1v) is 6.34. The maximum atomic E-state index is 11.7. The van der Waals surface area contributed by atoms with Gasteiger partial charge in [-0.15, -0.1) is 0 Å². The number of benzene rings is 1. The van der Waals surface area contributed by atoms with E-state index in [1.165, 1.54) is 4.90 Å². The molecule has 0 radical (unpaired) electrons. The molecule has 0 bridgehead atoms. The fourth-order valence-electron chi connectivity index (χ4n) is 1.58. The van der Waals surface area contributed by atoms with Crippen molar-refractivity contribution < 1.29 is 19.7 Å². The van der Waals surface area contributed by atoms with Crippen LogP contribution in [0.2, 0.25) is 0 Å². The lowest BCUT2D eigenvalue weighted by atomic mass is 10.2. The number of aliphatic hydroxyl groups is 2. The van der Waals surface area contributed by atoms with Crippen LogP contribution in [0, 0.1) is 0 Å². The molecule has 1 rings (SSSR count). The van der Waals surface area contributed by atoms with Gasteiger partial charge in [0.15, 0.2) is 0 Å². The van der Waals surface area contributed by atoms with Crippen LogP contribution in [0.15, 0.2) is 30.3 Å². The second kappa shape index (κ2) is 8.50. The summed E-state index contributed by atoms with van der Waals surface area (Å²) in [5, 5.41) is 17.8. The summed E-state index contributed by atoms with van der Waals surface area (Å²) < 4.78 is 5.15. The lowest BCUT2D eigenvalue weighted by Gasteiger charge is -2.17. The highest BCUT2D eigenvalue weighted by molar-refractivity contribution is 5.67. The average molecular weight is 267 g/mol. The van der Waals surface area contributed by atoms with E-state index in [4.69, 9.17) is 9.84 Å². The Balaban J connectivity index is 2.21. The van der Waals surface area contributed by atoms with Crippen molar-refractivity contribution in [1.29, 1.82) is 0 Å². The van der Waals surface area contributed by atoms with Crippen LogP contribution in [-0.4, -0.2) is 47.5 Å². The third kappa shape index (κ3) is 6.22. The minimum atomic E-state index is -0.714. The van der Waals surface area contributed by atoms with Gasteiger partial charge in [0.1, 0.15) is 6.61 Å². The van der Waals surface area contributed by atoms with E-state index in [0.29, 0.717) is 19.4 Å². The van der Waals surface area contributed by atoms with Gasteiger partial charge >= 0.3 is 6.09 Å². The van der Waals surface area contributed by atoms with E-state index in [1.807, 2.05) is 30.3 Å². The van der Waals surface area contributed by atoms with E-state index >= 15 is 0 Å². The van der Waals surface area contributed by atoms with Gasteiger partial charge in [-0.2, -0.15) is 0 Å². The first-order chi connectivity index (χ1) is 9.13. The zero-order chi connectivity index (χ0) is 14.1. The van der Waals surface area contributed by atoms with E-state index < -0.39 is 6.10 Å². The molecule has 1 aromatic carbocycles. The topological polar surface area (TPSA) is 70.0 Å². The van der Waals surface area contributed by atoms with Crippen LogP contribution in [-0.2, 0) is 11.3 Å². The molecule has 1 unspecified atom stereocenters. The van der Waals surface area contributed by atoms with E-state index in [2.05, 4.69) is 0 Å². The van der Waals surface area contributed by atoms with Gasteiger partial charge in [-0.1, -0.05) is 30.3 Å². The smallest absolute Gasteiger partial charge is 0.409 e. The van der Waals surface area contributed by atoms with Gasteiger partial charge in [-0.3, -0.25) is 0 Å². The number of nitrogens with zero attached hydrogens (tertiary/aromatic N) is 1. The number of carbonyl (C=O) groups excluding carboxylic acids is 1. The number of hydrogen-bond acceptors (Lipinski definition) is 4. The van der Waals surface area contributed by atoms with Crippen molar-refractivity contribution in [3.05, 3.63) is 35.9 Å². The predicted molar refractivity (Wildman–Crippen MR) is 71.6 cm³/mol. The molecule has 19 heavy (non-hydrogen) atoms. The van der Waals surface area contributed by atoms with Crippen molar-refractivity contribution in [3.63, 3.8) is 0 Å². The highest BCUT2D eigenvalue weighted by Crippen LogP contribution is 2.04. The first kappa shape index (κ1) is 15.5. The highest BCUT2D eigenvalue weighted by Gasteiger charge is 2.10. The highest BCUT2D eigenvalue weighted by atomic mass is 16.6. The van der Waals surface area contributed by atoms with Gasteiger partial charge in [-0.25, -0.2) is 4.79 Å². The zero-order valence-corrected chi connectivity index (χ0v) is 11.2. The van der Waals surface area contributed by atoms with Gasteiger partial charge in [0.05, 0.1) is 12.7 Å². The SMILES string of the molecule is CN(CCCC(O)CO)C(=O)OCc1ccccc1. The predicted octanol–water partition coefficient (Wildman–Crippen LogP) is 1.39. The van der Waals surface area contributed by atoms with Crippen LogP contribution in [0.4, 0.5) is 4.79 Å². The number of amides is 1. The van der Waals surface area contributed by atoms with Crippen LogP contribution < -0.4 is 0 Å². The molecule has 5 heteroatoms. The molecule has 106 valence electrons. The summed E-state index contributed by atoms with van der Waals surface area (Å²) in [6.45, 7) is 0.496. The number of rotatable bonds is 7. The van der Waals surface area contributed by atoms with Crippen molar-refractivity contribution >= 4 is 6.09 Å². The Morgan fingerprint density at radius 2 is 2.05 bits per heavy atom. The molecule has 0 aliphatic heterocycles. The van der Waals surface area contributed by atoms with Gasteiger partial charge in [0, 0.05) is 13.6 Å². The Labute approximate surface area is 113 Å². The van der Waals surface area contributed by atoms with Crippen molar-refractivity contribution in [2.75, 3.05) is 20.2 Å². The van der Waals surface area contributed by atoms with Crippen molar-refractivity contribution in [1.82, 2.24) is 4.90 Å². The summed E-state index contributed by atoms with van der Waals surface area (Å²) in [5.41, 5.74) is 0.944. The maximum Gasteiger partial charge on any atom is 0.409 e. The molecule has 0 aromatic heterocycles. The molecule has 2 N–H and O–H groups in total. The van der Waals surface area contributed by atoms with Gasteiger partial charge in [0.25, 0.3) is 0 Å². The fourth-order valence-corrected chi connectivity index (χ4v) is 1.58. The van der Waals surface area contributed by atoms with E-state index in [9.17, 15) is 9.90 Å². The Morgan fingerprint density at radius 3 is 2.68 bits per heavy atom. The monoisotopic (exact) mass is 267 g/mol. The molecular weight excluding hydrogens is 246 g/mol. The van der Waals surface area contributed by atoms with E-state index in [-0.39, 0.29) is 19.3 Å². The summed E-state index contributed by atoms with van der Waals surface area (Å²) in [6.07, 6.45) is -0.0121. The Bertz CT molecular complexity index is 369. The van der Waals surface area contributed by atoms with Crippen LogP contribution in [0.5, 0.6) is 0 Å². The molecule has 0 heterocycles. The molecule has 0 spiro atoms. The van der Waals surface area contributed by atoms with Crippen molar-refractivity contribution in [2.24, 2.45) is 0 Å². The Hall–Kier alpha value is -1.59. The molecule has 0 saturated heterocycles. The standard InChI is InChI=1S/C14H21NO4/c1-15(9-5-8-13(17)10-16)14(18)19-11-12-6-3-2-4-7-12/h2-4,6-7,13,16-17H,5,8-11H2,1H3. The third-order valence-electron chi connectivity index (χ3n) is 2.76. The molecule has 0 aliphatic carbocycles. The van der Waals surface area contributed by atoms with Gasteiger partial charge < -0.3 is 19.8 Å². The van der Waals surface area contributed by atoms with Crippen molar-refractivity contribution in [2.45, 2.75) is 25.6 Å². The average Bonchev–Trinajstić information content (AvgIpc) is 2.45. The molecule has 1 amide bonds. The molecule has 0 aliphatic rings. The maximum absolute atomic E-state index is 11.7. The second-order valence-electron chi connectivity index (χ2n) is 4.44. The minimum Gasteiger partial charge on any atom is -0.445 e. The lowest BCUT2D eigenvalue weighted by molar-refractivity contribution is 0.0796. The van der Waals surface area contributed by atoms with Gasteiger partial charge in [-0.05, 0) is 18.4 Å². The van der Waals surface area contributed by atoms with Gasteiger partial charge in [0.2, 0.25) is 0 Å². The summed E-state index contributed by atoms with van der Waals surface area (Å²) in [5.74, 6) is 0. The normalized spacial score (nSPS) is 11.9. The Kier molecular flexibility index (Phi) is 6.92. The number of hydrogen-bond donors (Lipinski definition) is 2. The molecular formula is C14H21NO4. The fraction of sp³-hybridized carbons (Fsp3) is 0.500. The molecule has 0 fully saturated rings. The lowest BCUT2D eigenvalue weighted by Crippen LogP contribution is -2.29. The Morgan fingerprint density at radius 1 is 1.37 bits per heavy atom. The first-order valence-electron chi connectivity index (χ1n) is 6.34. The van der Waals surface area contributed by atoms with Crippen LogP contribution in [0.3, 0.4) is 0 Å². The van der Waals surface area contributed by atoms with E-state index in [1.54, 1.807) is 7.05 Å². The van der Waals surface area contributed by atoms with E-state index in [0.717, 1.165) is 5.56 Å². The van der Waals surface area contributed by atoms with Crippen LogP contribution in [0.1, 0.15) is 18.4 Å². The number of aliphatic hydroxyl groups excluding tert-OH is 2. The zero-order valence-electron chi connectivity index (χ0n) is 11.2. The summed E-state index contributed by atoms with van der Waals surface area (Å²) >= 11 is 0. The second-order valence-corrected chi connectivity index (χ2v) is 4.44.